The monoisotopic (exact) mass is 352 g/mol. The van der Waals surface area contributed by atoms with E-state index in [1.165, 1.54) is 6.08 Å². The van der Waals surface area contributed by atoms with Gasteiger partial charge in [0, 0.05) is 0 Å². The Morgan fingerprint density at radius 1 is 1.21 bits per heavy atom. The van der Waals surface area contributed by atoms with Crippen LogP contribution in [0, 0.1) is 0 Å². The number of esters is 1. The van der Waals surface area contributed by atoms with Gasteiger partial charge in [-0.25, -0.2) is 9.59 Å². The maximum absolute atomic E-state index is 11.7. The highest BCUT2D eigenvalue weighted by Crippen LogP contribution is 2.25. The quantitative estimate of drug-likeness (QED) is 0.187. The van der Waals surface area contributed by atoms with E-state index in [0.717, 1.165) is 0 Å². The van der Waals surface area contributed by atoms with Crippen LogP contribution in [0.1, 0.15) is 0 Å². The average Bonchev–Trinajstić information content (AvgIpc) is 2.56. The van der Waals surface area contributed by atoms with Gasteiger partial charge in [-0.1, -0.05) is 6.08 Å². The molecule has 0 aromatic carbocycles. The predicted octanol–water partition coefficient (Wildman–Crippen LogP) is -3.65. The van der Waals surface area contributed by atoms with Crippen LogP contribution in [-0.4, -0.2) is 98.7 Å². The molecule has 11 heteroatoms. The molecule has 1 aliphatic rings. The molecule has 7 atom stereocenters. The van der Waals surface area contributed by atoms with Gasteiger partial charge in [-0.2, -0.15) is 0 Å². The van der Waals surface area contributed by atoms with Gasteiger partial charge in [0.25, 0.3) is 0 Å². The van der Waals surface area contributed by atoms with Gasteiger partial charge in [-0.15, -0.1) is 6.58 Å². The molecule has 1 heterocycles. The maximum atomic E-state index is 11.7. The minimum Gasteiger partial charge on any atom is -0.479 e. The van der Waals surface area contributed by atoms with Gasteiger partial charge in [0.15, 0.2) is 24.6 Å². The van der Waals surface area contributed by atoms with Crippen LogP contribution in [0.25, 0.3) is 0 Å². The fraction of sp³-hybridized carbons (Fsp3) is 0.692. The smallest absolute Gasteiger partial charge is 0.338 e. The number of carbonyl (C=O) groups is 2. The van der Waals surface area contributed by atoms with Crippen LogP contribution in [0.5, 0.6) is 0 Å². The fourth-order valence-corrected chi connectivity index (χ4v) is 1.95. The summed E-state index contributed by atoms with van der Waals surface area (Å²) in [4.78, 5) is 22.3. The molecule has 6 N–H and O–H groups in total. The summed E-state index contributed by atoms with van der Waals surface area (Å²) in [6.07, 6.45) is -11.3. The van der Waals surface area contributed by atoms with Crippen LogP contribution >= 0.6 is 0 Å². The SMILES string of the molecule is C=CCOC1O[C@H](CO)[C@@H](O)[C@H](O)[C@H]1OC(=O)C(O)C(O)C(=O)O. The lowest BCUT2D eigenvalue weighted by molar-refractivity contribution is -0.303. The van der Waals surface area contributed by atoms with Gasteiger partial charge in [-0.3, -0.25) is 0 Å². The first-order valence-corrected chi connectivity index (χ1v) is 6.89. The molecule has 1 rings (SSSR count). The summed E-state index contributed by atoms with van der Waals surface area (Å²) >= 11 is 0. The number of ether oxygens (including phenoxy) is 3. The third-order valence-corrected chi connectivity index (χ3v) is 3.25. The molecule has 0 radical (unpaired) electrons. The third kappa shape index (κ3) is 4.70. The first-order chi connectivity index (χ1) is 11.2. The second-order valence-electron chi connectivity index (χ2n) is 4.96. The first-order valence-electron chi connectivity index (χ1n) is 6.89. The lowest BCUT2D eigenvalue weighted by Crippen LogP contribution is -2.61. The second kappa shape index (κ2) is 9.03. The Morgan fingerprint density at radius 2 is 1.83 bits per heavy atom. The van der Waals surface area contributed by atoms with Crippen molar-refractivity contribution in [1.82, 2.24) is 0 Å². The molecule has 0 bridgehead atoms. The van der Waals surface area contributed by atoms with E-state index in [0.29, 0.717) is 0 Å². The first kappa shape index (κ1) is 20.4. The standard InChI is InChI=1S/C13H20O11/c1-2-3-22-13-10(7(16)6(15)5(4-14)23-13)24-12(21)9(18)8(17)11(19)20/h2,5-10,13-18H,1,3-4H2,(H,19,20)/t5-,6-,7+,8?,9?,10-,13?/m1/s1. The van der Waals surface area contributed by atoms with Gasteiger partial charge < -0.3 is 44.8 Å². The molecule has 1 fully saturated rings. The molecular weight excluding hydrogens is 332 g/mol. The number of rotatable bonds is 8. The Bertz CT molecular complexity index is 453. The molecule has 0 amide bonds. The Morgan fingerprint density at radius 3 is 2.33 bits per heavy atom. The number of aliphatic hydroxyl groups is 5. The van der Waals surface area contributed by atoms with E-state index in [1.807, 2.05) is 0 Å². The van der Waals surface area contributed by atoms with E-state index < -0.39 is 61.5 Å². The van der Waals surface area contributed by atoms with Crippen LogP contribution in [-0.2, 0) is 23.8 Å². The van der Waals surface area contributed by atoms with Crippen LogP contribution in [0.3, 0.4) is 0 Å². The number of carbonyl (C=O) groups excluding carboxylic acids is 1. The molecule has 24 heavy (non-hydrogen) atoms. The third-order valence-electron chi connectivity index (χ3n) is 3.25. The van der Waals surface area contributed by atoms with Crippen molar-refractivity contribution in [3.8, 4) is 0 Å². The topological polar surface area (TPSA) is 183 Å². The molecule has 0 aromatic rings. The van der Waals surface area contributed by atoms with Gasteiger partial charge in [0.2, 0.25) is 0 Å². The van der Waals surface area contributed by atoms with E-state index in [-0.39, 0.29) is 6.61 Å². The van der Waals surface area contributed by atoms with Crippen LogP contribution in [0.2, 0.25) is 0 Å². The van der Waals surface area contributed by atoms with Crippen molar-refractivity contribution in [2.45, 2.75) is 42.9 Å². The molecule has 3 unspecified atom stereocenters. The molecule has 11 nitrogen and oxygen atoms in total. The maximum Gasteiger partial charge on any atom is 0.338 e. The van der Waals surface area contributed by atoms with Gasteiger partial charge >= 0.3 is 11.9 Å². The molecule has 1 aliphatic heterocycles. The Labute approximate surface area is 136 Å². The molecule has 0 spiro atoms. The molecule has 1 saturated heterocycles. The summed E-state index contributed by atoms with van der Waals surface area (Å²) in [5, 5.41) is 56.0. The fourth-order valence-electron chi connectivity index (χ4n) is 1.95. The summed E-state index contributed by atoms with van der Waals surface area (Å²) in [5.74, 6) is -3.43. The summed E-state index contributed by atoms with van der Waals surface area (Å²) in [6, 6.07) is 0. The van der Waals surface area contributed by atoms with Crippen molar-refractivity contribution in [1.29, 1.82) is 0 Å². The van der Waals surface area contributed by atoms with Gasteiger partial charge in [-0.05, 0) is 0 Å². The zero-order chi connectivity index (χ0) is 18.4. The lowest BCUT2D eigenvalue weighted by Gasteiger charge is -2.41. The zero-order valence-electron chi connectivity index (χ0n) is 12.5. The lowest BCUT2D eigenvalue weighted by atomic mass is 9.99. The summed E-state index contributed by atoms with van der Waals surface area (Å²) in [5.41, 5.74) is 0. The number of aliphatic hydroxyl groups excluding tert-OH is 5. The summed E-state index contributed by atoms with van der Waals surface area (Å²) in [7, 11) is 0. The molecular formula is C13H20O11. The van der Waals surface area contributed by atoms with Crippen molar-refractivity contribution < 1.29 is 54.4 Å². The van der Waals surface area contributed by atoms with Crippen LogP contribution in [0.15, 0.2) is 12.7 Å². The number of carboxylic acid groups (broad SMARTS) is 1. The minimum atomic E-state index is -2.44. The highest BCUT2D eigenvalue weighted by atomic mass is 16.7. The summed E-state index contributed by atoms with van der Waals surface area (Å²) in [6.45, 7) is 2.63. The Hall–Kier alpha value is -1.60. The van der Waals surface area contributed by atoms with E-state index in [4.69, 9.17) is 29.5 Å². The van der Waals surface area contributed by atoms with E-state index in [2.05, 4.69) is 6.58 Å². The van der Waals surface area contributed by atoms with E-state index >= 15 is 0 Å². The second-order valence-corrected chi connectivity index (χ2v) is 4.96. The Balaban J connectivity index is 2.88. The molecule has 0 aromatic heterocycles. The van der Waals surface area contributed by atoms with Crippen LogP contribution in [0.4, 0.5) is 0 Å². The molecule has 138 valence electrons. The Kier molecular flexibility index (Phi) is 7.69. The largest absolute Gasteiger partial charge is 0.479 e. The van der Waals surface area contributed by atoms with E-state index in [9.17, 15) is 24.9 Å². The van der Waals surface area contributed by atoms with Crippen molar-refractivity contribution in [3.05, 3.63) is 12.7 Å². The van der Waals surface area contributed by atoms with Crippen molar-refractivity contribution in [3.63, 3.8) is 0 Å². The summed E-state index contributed by atoms with van der Waals surface area (Å²) < 4.78 is 15.0. The number of hydrogen-bond donors (Lipinski definition) is 6. The molecule has 0 aliphatic carbocycles. The van der Waals surface area contributed by atoms with Crippen molar-refractivity contribution >= 4 is 11.9 Å². The van der Waals surface area contributed by atoms with Crippen molar-refractivity contribution in [2.24, 2.45) is 0 Å². The van der Waals surface area contributed by atoms with E-state index in [1.54, 1.807) is 0 Å². The van der Waals surface area contributed by atoms with Crippen molar-refractivity contribution in [2.75, 3.05) is 13.2 Å². The van der Waals surface area contributed by atoms with Gasteiger partial charge in [0.1, 0.15) is 18.3 Å². The van der Waals surface area contributed by atoms with Crippen LogP contribution < -0.4 is 0 Å². The number of carboxylic acids is 1. The highest BCUT2D eigenvalue weighted by Gasteiger charge is 2.48. The zero-order valence-corrected chi connectivity index (χ0v) is 12.5. The number of aliphatic carboxylic acids is 1. The number of hydrogen-bond acceptors (Lipinski definition) is 10. The van der Waals surface area contributed by atoms with Gasteiger partial charge in [0.05, 0.1) is 13.2 Å². The highest BCUT2D eigenvalue weighted by molar-refractivity contribution is 5.84. The molecule has 0 saturated carbocycles. The predicted molar refractivity (Wildman–Crippen MR) is 73.4 cm³/mol. The minimum absolute atomic E-state index is 0.0972. The normalized spacial score (nSPS) is 32.6. The average molecular weight is 352 g/mol.